The summed E-state index contributed by atoms with van der Waals surface area (Å²) >= 11 is 0. The van der Waals surface area contributed by atoms with Crippen molar-refractivity contribution >= 4 is 11.6 Å². The number of piperazine rings is 1. The number of phenols is 1. The van der Waals surface area contributed by atoms with Gasteiger partial charge < -0.3 is 20.2 Å². The molecule has 0 saturated carbocycles. The number of hydrogen-bond donors (Lipinski definition) is 2. The Morgan fingerprint density at radius 1 is 1.04 bits per heavy atom. The summed E-state index contributed by atoms with van der Waals surface area (Å²) in [5, 5.41) is 13.5. The van der Waals surface area contributed by atoms with Crippen molar-refractivity contribution in [1.82, 2.24) is 10.2 Å². The molecule has 2 N–H and O–H groups in total. The minimum absolute atomic E-state index is 0.350. The molecule has 144 valence electrons. The second-order valence-corrected chi connectivity index (χ2v) is 6.97. The van der Waals surface area contributed by atoms with E-state index in [1.54, 1.807) is 6.07 Å². The average Bonchev–Trinajstić information content (AvgIpc) is 2.72. The molecule has 1 aliphatic rings. The maximum atomic E-state index is 10.1. The smallest absolute Gasteiger partial charge is 0.194 e. The van der Waals surface area contributed by atoms with Gasteiger partial charge in [0.1, 0.15) is 5.75 Å². The molecular weight excluding hydrogens is 336 g/mol. The molecule has 3 rings (SSSR count). The fraction of sp³-hybridized carbons (Fsp3) is 0.409. The number of phenolic OH excluding ortho intramolecular Hbond substituents is 1. The van der Waals surface area contributed by atoms with Crippen molar-refractivity contribution in [2.45, 2.75) is 19.8 Å². The number of aliphatic imine (C=N–C) groups is 1. The van der Waals surface area contributed by atoms with Gasteiger partial charge in [-0.2, -0.15) is 0 Å². The second kappa shape index (κ2) is 9.31. The molecule has 1 saturated heterocycles. The van der Waals surface area contributed by atoms with Crippen molar-refractivity contribution < 1.29 is 5.11 Å². The van der Waals surface area contributed by atoms with E-state index in [1.165, 1.54) is 5.56 Å². The van der Waals surface area contributed by atoms with Crippen LogP contribution in [0.15, 0.2) is 59.6 Å². The molecule has 2 aromatic rings. The van der Waals surface area contributed by atoms with E-state index in [0.717, 1.165) is 50.9 Å². The van der Waals surface area contributed by atoms with Crippen LogP contribution in [0.4, 0.5) is 5.69 Å². The number of hydrogen-bond acceptors (Lipinski definition) is 3. The van der Waals surface area contributed by atoms with Crippen molar-refractivity contribution in [3.05, 3.63) is 60.2 Å². The Bertz CT molecular complexity index is 739. The molecule has 27 heavy (non-hydrogen) atoms. The van der Waals surface area contributed by atoms with Gasteiger partial charge in [0, 0.05) is 45.2 Å². The molecule has 1 atom stereocenters. The van der Waals surface area contributed by atoms with Crippen LogP contribution < -0.4 is 10.2 Å². The first-order chi connectivity index (χ1) is 13.2. The van der Waals surface area contributed by atoms with Crippen LogP contribution in [0.2, 0.25) is 0 Å². The van der Waals surface area contributed by atoms with Gasteiger partial charge in [0.05, 0.1) is 5.69 Å². The number of para-hydroxylation sites is 2. The van der Waals surface area contributed by atoms with Gasteiger partial charge in [-0.3, -0.25) is 4.99 Å². The molecule has 0 bridgehead atoms. The molecular formula is C22H30N4O. The van der Waals surface area contributed by atoms with Crippen LogP contribution in [0.3, 0.4) is 0 Å². The van der Waals surface area contributed by atoms with Crippen LogP contribution in [0, 0.1) is 0 Å². The summed E-state index contributed by atoms with van der Waals surface area (Å²) in [5.74, 6) is 1.72. The third kappa shape index (κ3) is 4.94. The minimum atomic E-state index is 0.350. The maximum Gasteiger partial charge on any atom is 0.194 e. The van der Waals surface area contributed by atoms with Crippen molar-refractivity contribution in [2.75, 3.05) is 44.2 Å². The highest BCUT2D eigenvalue weighted by Gasteiger charge is 2.21. The molecule has 0 aliphatic carbocycles. The Labute approximate surface area is 162 Å². The van der Waals surface area contributed by atoms with Gasteiger partial charge in [0.15, 0.2) is 5.96 Å². The normalized spacial score (nSPS) is 16.3. The third-order valence-corrected chi connectivity index (χ3v) is 5.02. The lowest BCUT2D eigenvalue weighted by Gasteiger charge is -2.38. The van der Waals surface area contributed by atoms with Crippen LogP contribution in [0.25, 0.3) is 0 Å². The van der Waals surface area contributed by atoms with E-state index in [4.69, 9.17) is 4.99 Å². The minimum Gasteiger partial charge on any atom is -0.506 e. The first kappa shape index (κ1) is 19.1. The maximum absolute atomic E-state index is 10.1. The topological polar surface area (TPSA) is 51.1 Å². The van der Waals surface area contributed by atoms with Gasteiger partial charge in [-0.15, -0.1) is 0 Å². The summed E-state index contributed by atoms with van der Waals surface area (Å²) in [6.45, 7) is 9.48. The van der Waals surface area contributed by atoms with Gasteiger partial charge >= 0.3 is 0 Å². The largest absolute Gasteiger partial charge is 0.506 e. The molecule has 0 spiro atoms. The van der Waals surface area contributed by atoms with Gasteiger partial charge in [-0.1, -0.05) is 49.4 Å². The quantitative estimate of drug-likeness (QED) is 0.630. The van der Waals surface area contributed by atoms with Crippen molar-refractivity contribution in [1.29, 1.82) is 0 Å². The summed E-state index contributed by atoms with van der Waals surface area (Å²) in [5.41, 5.74) is 2.23. The highest BCUT2D eigenvalue weighted by molar-refractivity contribution is 5.80. The molecule has 0 amide bonds. The van der Waals surface area contributed by atoms with Gasteiger partial charge in [0.2, 0.25) is 0 Å². The molecule has 1 heterocycles. The molecule has 0 radical (unpaired) electrons. The number of anilines is 1. The monoisotopic (exact) mass is 366 g/mol. The highest BCUT2D eigenvalue weighted by atomic mass is 16.3. The molecule has 2 aromatic carbocycles. The Morgan fingerprint density at radius 2 is 1.70 bits per heavy atom. The average molecular weight is 367 g/mol. The van der Waals surface area contributed by atoms with Crippen molar-refractivity contribution in [3.8, 4) is 5.75 Å². The lowest BCUT2D eigenvalue weighted by molar-refractivity contribution is 0.369. The Kier molecular flexibility index (Phi) is 6.58. The van der Waals surface area contributed by atoms with Gasteiger partial charge in [0.25, 0.3) is 0 Å². The number of rotatable bonds is 5. The molecule has 5 heteroatoms. The van der Waals surface area contributed by atoms with Crippen molar-refractivity contribution in [2.24, 2.45) is 4.99 Å². The zero-order valence-electron chi connectivity index (χ0n) is 16.3. The first-order valence-electron chi connectivity index (χ1n) is 9.80. The predicted octanol–water partition coefficient (Wildman–Crippen LogP) is 3.28. The van der Waals surface area contributed by atoms with Crippen LogP contribution in [0.1, 0.15) is 25.3 Å². The second-order valence-electron chi connectivity index (χ2n) is 6.97. The van der Waals surface area contributed by atoms with Crippen LogP contribution in [-0.4, -0.2) is 55.2 Å². The van der Waals surface area contributed by atoms with Crippen LogP contribution in [-0.2, 0) is 0 Å². The number of benzene rings is 2. The number of aromatic hydroxyl groups is 1. The fourth-order valence-electron chi connectivity index (χ4n) is 3.43. The van der Waals surface area contributed by atoms with E-state index < -0.39 is 0 Å². The van der Waals surface area contributed by atoms with E-state index in [9.17, 15) is 5.11 Å². The molecule has 1 aliphatic heterocycles. The van der Waals surface area contributed by atoms with E-state index in [2.05, 4.69) is 53.2 Å². The van der Waals surface area contributed by atoms with Crippen LogP contribution >= 0.6 is 0 Å². The summed E-state index contributed by atoms with van der Waals surface area (Å²) in [7, 11) is 0. The summed E-state index contributed by atoms with van der Waals surface area (Å²) in [4.78, 5) is 9.45. The van der Waals surface area contributed by atoms with Gasteiger partial charge in [-0.25, -0.2) is 0 Å². The lowest BCUT2D eigenvalue weighted by Crippen LogP contribution is -2.52. The lowest BCUT2D eigenvalue weighted by atomic mass is 10.0. The SMILES string of the molecule is CCNC(=NCC(C)c1ccccc1)N1CCN(c2ccccc2O)CC1. The summed E-state index contributed by atoms with van der Waals surface area (Å²) in [6.07, 6.45) is 0. The Morgan fingerprint density at radius 3 is 2.37 bits per heavy atom. The zero-order chi connectivity index (χ0) is 19.1. The summed E-state index contributed by atoms with van der Waals surface area (Å²) in [6, 6.07) is 18.1. The standard InChI is InChI=1S/C22H30N4O/c1-3-23-22(24-17-18(2)19-9-5-4-6-10-19)26-15-13-25(14-16-26)20-11-7-8-12-21(20)27/h4-12,18,27H,3,13-17H2,1-2H3,(H,23,24). The molecule has 0 aromatic heterocycles. The zero-order valence-corrected chi connectivity index (χ0v) is 16.3. The number of nitrogens with zero attached hydrogens (tertiary/aromatic N) is 3. The van der Waals surface area contributed by atoms with Crippen LogP contribution in [0.5, 0.6) is 5.75 Å². The van der Waals surface area contributed by atoms with E-state index in [1.807, 2.05) is 24.3 Å². The van der Waals surface area contributed by atoms with E-state index in [-0.39, 0.29) is 0 Å². The van der Waals surface area contributed by atoms with Crippen molar-refractivity contribution in [3.63, 3.8) is 0 Å². The third-order valence-electron chi connectivity index (χ3n) is 5.02. The Hall–Kier alpha value is -2.69. The first-order valence-corrected chi connectivity index (χ1v) is 9.80. The number of guanidine groups is 1. The Balaban J connectivity index is 1.61. The van der Waals surface area contributed by atoms with E-state index in [0.29, 0.717) is 11.7 Å². The fourth-order valence-corrected chi connectivity index (χ4v) is 3.43. The highest BCUT2D eigenvalue weighted by Crippen LogP contribution is 2.27. The van der Waals surface area contributed by atoms with Gasteiger partial charge in [-0.05, 0) is 24.6 Å². The van der Waals surface area contributed by atoms with E-state index >= 15 is 0 Å². The molecule has 1 unspecified atom stereocenters. The molecule has 1 fully saturated rings. The predicted molar refractivity (Wildman–Crippen MR) is 113 cm³/mol. The number of nitrogens with one attached hydrogen (secondary N) is 1. The molecule has 5 nitrogen and oxygen atoms in total. The summed E-state index contributed by atoms with van der Waals surface area (Å²) < 4.78 is 0.